The van der Waals surface area contributed by atoms with Crippen molar-refractivity contribution in [1.82, 2.24) is 4.98 Å². The molecule has 5 heteroatoms. The quantitative estimate of drug-likeness (QED) is 0.671. The molecule has 2 atom stereocenters. The van der Waals surface area contributed by atoms with E-state index in [1.165, 1.54) is 0 Å². The first-order chi connectivity index (χ1) is 8.61. The fourth-order valence-corrected chi connectivity index (χ4v) is 2.17. The van der Waals surface area contributed by atoms with E-state index in [-0.39, 0.29) is 0 Å². The normalized spacial score (nSPS) is 14.7. The summed E-state index contributed by atoms with van der Waals surface area (Å²) in [6.07, 6.45) is -1.45. The number of nitrogens with zero attached hydrogens (tertiary/aromatic N) is 1. The van der Waals surface area contributed by atoms with Gasteiger partial charge in [0.2, 0.25) is 0 Å². The molecule has 3 nitrogen and oxygen atoms in total. The lowest BCUT2D eigenvalue weighted by molar-refractivity contribution is 0.0171. The van der Waals surface area contributed by atoms with Crippen molar-refractivity contribution in [3.8, 4) is 0 Å². The average molecular weight is 286 g/mol. The Morgan fingerprint density at radius 1 is 1.17 bits per heavy atom. The predicted octanol–water partition coefficient (Wildman–Crippen LogP) is 2.91. The van der Waals surface area contributed by atoms with E-state index in [9.17, 15) is 10.2 Å². The summed E-state index contributed by atoms with van der Waals surface area (Å²) in [4.78, 5) is 4.16. The smallest absolute Gasteiger partial charge is 0.129 e. The molecule has 0 bridgehead atoms. The van der Waals surface area contributed by atoms with Crippen LogP contribution in [-0.4, -0.2) is 27.2 Å². The molecule has 1 heterocycles. The Labute approximate surface area is 115 Å². The van der Waals surface area contributed by atoms with Crippen LogP contribution >= 0.6 is 23.2 Å². The average Bonchev–Trinajstić information content (AvgIpc) is 2.37. The third-order valence-electron chi connectivity index (χ3n) is 2.79. The van der Waals surface area contributed by atoms with Crippen LogP contribution in [0.1, 0.15) is 18.1 Å². The maximum absolute atomic E-state index is 9.98. The van der Waals surface area contributed by atoms with E-state index >= 15 is 0 Å². The highest BCUT2D eigenvalue weighted by molar-refractivity contribution is 6.29. The molecule has 0 aliphatic rings. The Morgan fingerprint density at radius 3 is 2.67 bits per heavy atom. The summed E-state index contributed by atoms with van der Waals surface area (Å²) in [7, 11) is 0. The van der Waals surface area contributed by atoms with Gasteiger partial charge in [0.05, 0.1) is 11.6 Å². The molecule has 2 N–H and O–H groups in total. The van der Waals surface area contributed by atoms with Crippen LogP contribution < -0.4 is 0 Å². The molecule has 0 amide bonds. The Kier molecular flexibility index (Phi) is 4.40. The van der Waals surface area contributed by atoms with Crippen molar-refractivity contribution < 1.29 is 10.2 Å². The van der Waals surface area contributed by atoms with Gasteiger partial charge >= 0.3 is 0 Å². The molecule has 18 heavy (non-hydrogen) atoms. The van der Waals surface area contributed by atoms with Gasteiger partial charge in [-0.2, -0.15) is 0 Å². The highest BCUT2D eigenvalue weighted by Crippen LogP contribution is 2.24. The molecule has 2 aromatic rings. The third-order valence-corrected chi connectivity index (χ3v) is 3.22. The second-order valence-corrected chi connectivity index (χ2v) is 4.84. The summed E-state index contributed by atoms with van der Waals surface area (Å²) in [5.41, 5.74) is 1.40. The third kappa shape index (κ3) is 2.93. The zero-order valence-electron chi connectivity index (χ0n) is 9.55. The summed E-state index contributed by atoms with van der Waals surface area (Å²) < 4.78 is 0. The summed E-state index contributed by atoms with van der Waals surface area (Å²) in [6.45, 7) is 0. The molecule has 2 unspecified atom stereocenters. The second-order valence-electron chi connectivity index (χ2n) is 4.08. The van der Waals surface area contributed by atoms with Gasteiger partial charge in [-0.05, 0) is 36.2 Å². The molecule has 0 saturated carbocycles. The summed E-state index contributed by atoms with van der Waals surface area (Å²) in [6, 6.07) is 8.81. The number of hydrogen-bond donors (Lipinski definition) is 2. The van der Waals surface area contributed by atoms with Crippen LogP contribution in [0.3, 0.4) is 0 Å². The monoisotopic (exact) mass is 285 g/mol. The van der Waals surface area contributed by atoms with Crippen molar-refractivity contribution in [1.29, 1.82) is 0 Å². The number of aromatic nitrogens is 1. The zero-order chi connectivity index (χ0) is 13.1. The van der Waals surface area contributed by atoms with Gasteiger partial charge in [0, 0.05) is 11.3 Å². The number of pyridine rings is 1. The van der Waals surface area contributed by atoms with Crippen LogP contribution in [0.15, 0.2) is 30.3 Å². The van der Waals surface area contributed by atoms with E-state index in [0.717, 1.165) is 10.9 Å². The van der Waals surface area contributed by atoms with Crippen LogP contribution in [0.5, 0.6) is 0 Å². The molecule has 0 fully saturated rings. The van der Waals surface area contributed by atoms with Gasteiger partial charge in [-0.15, -0.1) is 11.6 Å². The minimum Gasteiger partial charge on any atom is -0.390 e. The highest BCUT2D eigenvalue weighted by Gasteiger charge is 2.18. The zero-order valence-corrected chi connectivity index (χ0v) is 11.1. The van der Waals surface area contributed by atoms with Gasteiger partial charge in [-0.1, -0.05) is 17.7 Å². The topological polar surface area (TPSA) is 53.4 Å². The second kappa shape index (κ2) is 5.85. The van der Waals surface area contributed by atoms with Crippen LogP contribution in [0, 0.1) is 0 Å². The van der Waals surface area contributed by atoms with Crippen molar-refractivity contribution in [3.05, 3.63) is 41.0 Å². The molecule has 0 radical (unpaired) electrons. The number of benzene rings is 1. The fraction of sp³-hybridized carbons (Fsp3) is 0.308. The first-order valence-electron chi connectivity index (χ1n) is 5.60. The van der Waals surface area contributed by atoms with Gasteiger partial charge in [0.1, 0.15) is 11.3 Å². The number of fused-ring (bicyclic) bond motifs is 1. The predicted molar refractivity (Wildman–Crippen MR) is 73.1 cm³/mol. The number of alkyl halides is 1. The van der Waals surface area contributed by atoms with Crippen molar-refractivity contribution in [2.45, 2.75) is 18.6 Å². The van der Waals surface area contributed by atoms with E-state index in [1.54, 1.807) is 24.3 Å². The van der Waals surface area contributed by atoms with Crippen molar-refractivity contribution in [3.63, 3.8) is 0 Å². The molecule has 1 aromatic heterocycles. The summed E-state index contributed by atoms with van der Waals surface area (Å²) in [5, 5.41) is 21.0. The molecule has 96 valence electrons. The summed E-state index contributed by atoms with van der Waals surface area (Å²) in [5.74, 6) is 0.309. The highest BCUT2D eigenvalue weighted by atomic mass is 35.5. The van der Waals surface area contributed by atoms with E-state index in [2.05, 4.69) is 4.98 Å². The van der Waals surface area contributed by atoms with E-state index in [1.807, 2.05) is 6.07 Å². The fourth-order valence-electron chi connectivity index (χ4n) is 1.79. The molecule has 0 aliphatic heterocycles. The SMILES string of the molecule is OC(CCCl)C(O)c1ccc2nc(Cl)ccc2c1. The van der Waals surface area contributed by atoms with Crippen LogP contribution in [0.25, 0.3) is 10.9 Å². The Hall–Kier alpha value is -0.870. The Bertz CT molecular complexity index is 548. The first kappa shape index (κ1) is 13.6. The molecule has 0 spiro atoms. The molecule has 0 saturated heterocycles. The largest absolute Gasteiger partial charge is 0.390 e. The Balaban J connectivity index is 2.32. The molecular weight excluding hydrogens is 273 g/mol. The van der Waals surface area contributed by atoms with Crippen molar-refractivity contribution >= 4 is 34.1 Å². The molecule has 0 aliphatic carbocycles. The van der Waals surface area contributed by atoms with Crippen molar-refractivity contribution in [2.24, 2.45) is 0 Å². The maximum Gasteiger partial charge on any atom is 0.129 e. The van der Waals surface area contributed by atoms with E-state index in [0.29, 0.717) is 23.0 Å². The van der Waals surface area contributed by atoms with Gasteiger partial charge in [-0.25, -0.2) is 4.98 Å². The van der Waals surface area contributed by atoms with Crippen LogP contribution in [0.2, 0.25) is 5.15 Å². The number of halogens is 2. The van der Waals surface area contributed by atoms with Gasteiger partial charge in [-0.3, -0.25) is 0 Å². The van der Waals surface area contributed by atoms with Gasteiger partial charge in [0.25, 0.3) is 0 Å². The number of aliphatic hydroxyl groups is 2. The number of rotatable bonds is 4. The lowest BCUT2D eigenvalue weighted by atomic mass is 10.0. The summed E-state index contributed by atoms with van der Waals surface area (Å²) >= 11 is 11.3. The molecular formula is C13H13Cl2NO2. The van der Waals surface area contributed by atoms with E-state index in [4.69, 9.17) is 23.2 Å². The maximum atomic E-state index is 9.98. The Morgan fingerprint density at radius 2 is 1.94 bits per heavy atom. The molecule has 2 rings (SSSR count). The first-order valence-corrected chi connectivity index (χ1v) is 6.51. The minimum atomic E-state index is -0.941. The number of aliphatic hydroxyl groups excluding tert-OH is 2. The van der Waals surface area contributed by atoms with Gasteiger partial charge < -0.3 is 10.2 Å². The molecule has 1 aromatic carbocycles. The van der Waals surface area contributed by atoms with Crippen molar-refractivity contribution in [2.75, 3.05) is 5.88 Å². The van der Waals surface area contributed by atoms with Crippen LogP contribution in [0.4, 0.5) is 0 Å². The van der Waals surface area contributed by atoms with Crippen LogP contribution in [-0.2, 0) is 0 Å². The van der Waals surface area contributed by atoms with E-state index < -0.39 is 12.2 Å². The minimum absolute atomic E-state index is 0.309. The number of hydrogen-bond acceptors (Lipinski definition) is 3. The lowest BCUT2D eigenvalue weighted by Crippen LogP contribution is -2.18. The van der Waals surface area contributed by atoms with Gasteiger partial charge in [0.15, 0.2) is 0 Å². The lowest BCUT2D eigenvalue weighted by Gasteiger charge is -2.17. The standard InChI is InChI=1S/C13H13Cl2NO2/c14-6-5-11(17)13(18)9-1-3-10-8(7-9)2-4-12(15)16-10/h1-4,7,11,13,17-18H,5-6H2.